The molecule has 2 fully saturated rings. The summed E-state index contributed by atoms with van der Waals surface area (Å²) < 4.78 is 0. The monoisotopic (exact) mass is 275 g/mol. The van der Waals surface area contributed by atoms with E-state index in [1.807, 2.05) is 0 Å². The maximum atomic E-state index is 12.2. The quantitative estimate of drug-likeness (QED) is 0.839. The average Bonchev–Trinajstić information content (AvgIpc) is 2.62. The number of likely N-dealkylation sites (tertiary alicyclic amines) is 2. The van der Waals surface area contributed by atoms with Crippen LogP contribution in [0, 0.1) is 5.92 Å². The van der Waals surface area contributed by atoms with E-state index in [0.29, 0.717) is 18.4 Å². The van der Waals surface area contributed by atoms with E-state index >= 15 is 0 Å². The van der Waals surface area contributed by atoms with Crippen LogP contribution in [-0.4, -0.2) is 55.0 Å². The van der Waals surface area contributed by atoms with Gasteiger partial charge in [-0.1, -0.05) is 12.8 Å². The third-order valence-corrected chi connectivity index (χ3v) is 4.02. The SMILES string of the molecule is Cl.NCC1CCN(CC(=O)N2CCCCCC2)C1. The zero-order valence-electron chi connectivity index (χ0n) is 11.1. The zero-order chi connectivity index (χ0) is 12.1. The minimum absolute atomic E-state index is 0. The van der Waals surface area contributed by atoms with E-state index in [1.54, 1.807) is 0 Å². The van der Waals surface area contributed by atoms with Crippen molar-refractivity contribution in [2.24, 2.45) is 11.7 Å². The van der Waals surface area contributed by atoms with E-state index in [9.17, 15) is 4.79 Å². The summed E-state index contributed by atoms with van der Waals surface area (Å²) in [6.45, 7) is 5.35. The number of nitrogens with two attached hydrogens (primary N) is 1. The van der Waals surface area contributed by atoms with E-state index in [1.165, 1.54) is 25.7 Å². The molecule has 0 aliphatic carbocycles. The molecular formula is C13H26ClN3O. The lowest BCUT2D eigenvalue weighted by atomic mass is 10.1. The molecule has 5 heteroatoms. The Balaban J connectivity index is 0.00000162. The standard InChI is InChI=1S/C13H25N3O.ClH/c14-9-12-5-8-15(10-12)11-13(17)16-6-3-1-2-4-7-16;/h12H,1-11,14H2;1H. The molecule has 106 valence electrons. The Labute approximate surface area is 116 Å². The summed E-state index contributed by atoms with van der Waals surface area (Å²) in [6.07, 6.45) is 6.07. The van der Waals surface area contributed by atoms with Gasteiger partial charge in [0.1, 0.15) is 0 Å². The molecule has 0 aromatic rings. The predicted octanol–water partition coefficient (Wildman–Crippen LogP) is 1.09. The summed E-state index contributed by atoms with van der Waals surface area (Å²) in [6, 6.07) is 0. The Kier molecular flexibility index (Phi) is 6.97. The molecule has 2 heterocycles. The molecule has 2 N–H and O–H groups in total. The number of rotatable bonds is 3. The van der Waals surface area contributed by atoms with Crippen molar-refractivity contribution in [2.45, 2.75) is 32.1 Å². The van der Waals surface area contributed by atoms with Crippen molar-refractivity contribution in [3.8, 4) is 0 Å². The van der Waals surface area contributed by atoms with Gasteiger partial charge in [-0.15, -0.1) is 12.4 Å². The molecule has 2 rings (SSSR count). The molecule has 2 saturated heterocycles. The average molecular weight is 276 g/mol. The summed E-state index contributed by atoms with van der Waals surface area (Å²) in [7, 11) is 0. The Bertz CT molecular complexity index is 255. The summed E-state index contributed by atoms with van der Waals surface area (Å²) in [5.41, 5.74) is 5.67. The molecule has 0 saturated carbocycles. The largest absolute Gasteiger partial charge is 0.342 e. The lowest BCUT2D eigenvalue weighted by Crippen LogP contribution is -2.40. The third-order valence-electron chi connectivity index (χ3n) is 4.02. The Morgan fingerprint density at radius 1 is 1.11 bits per heavy atom. The van der Waals surface area contributed by atoms with Crippen LogP contribution < -0.4 is 5.73 Å². The van der Waals surface area contributed by atoms with Crippen LogP contribution in [0.5, 0.6) is 0 Å². The van der Waals surface area contributed by atoms with Crippen molar-refractivity contribution < 1.29 is 4.79 Å². The fraction of sp³-hybridized carbons (Fsp3) is 0.923. The Hall–Kier alpha value is -0.320. The second-order valence-corrected chi connectivity index (χ2v) is 5.42. The van der Waals surface area contributed by atoms with Crippen LogP contribution in [0.25, 0.3) is 0 Å². The summed E-state index contributed by atoms with van der Waals surface area (Å²) in [5, 5.41) is 0. The number of halogens is 1. The van der Waals surface area contributed by atoms with Gasteiger partial charge in [0, 0.05) is 19.6 Å². The van der Waals surface area contributed by atoms with Crippen molar-refractivity contribution in [2.75, 3.05) is 39.3 Å². The molecular weight excluding hydrogens is 250 g/mol. The van der Waals surface area contributed by atoms with Crippen LogP contribution in [0.3, 0.4) is 0 Å². The molecule has 4 nitrogen and oxygen atoms in total. The first-order valence-corrected chi connectivity index (χ1v) is 7.00. The highest BCUT2D eigenvalue weighted by Crippen LogP contribution is 2.15. The molecule has 0 aromatic heterocycles. The number of nitrogens with zero attached hydrogens (tertiary/aromatic N) is 2. The molecule has 2 aliphatic heterocycles. The Morgan fingerprint density at radius 2 is 1.78 bits per heavy atom. The van der Waals surface area contributed by atoms with Gasteiger partial charge in [0.2, 0.25) is 5.91 Å². The van der Waals surface area contributed by atoms with Gasteiger partial charge in [-0.05, 0) is 38.3 Å². The first kappa shape index (κ1) is 15.7. The van der Waals surface area contributed by atoms with Gasteiger partial charge in [-0.3, -0.25) is 9.69 Å². The molecule has 1 amide bonds. The van der Waals surface area contributed by atoms with Crippen LogP contribution in [0.4, 0.5) is 0 Å². The van der Waals surface area contributed by atoms with Gasteiger partial charge in [0.05, 0.1) is 6.54 Å². The highest BCUT2D eigenvalue weighted by molar-refractivity contribution is 5.85. The minimum atomic E-state index is 0. The second kappa shape index (κ2) is 7.97. The van der Waals surface area contributed by atoms with Gasteiger partial charge in [-0.2, -0.15) is 0 Å². The van der Waals surface area contributed by atoms with Crippen molar-refractivity contribution in [1.29, 1.82) is 0 Å². The maximum Gasteiger partial charge on any atom is 0.236 e. The van der Waals surface area contributed by atoms with E-state index in [4.69, 9.17) is 5.73 Å². The third kappa shape index (κ3) is 4.41. The van der Waals surface area contributed by atoms with Gasteiger partial charge in [-0.25, -0.2) is 0 Å². The number of hydrogen-bond donors (Lipinski definition) is 1. The fourth-order valence-electron chi connectivity index (χ4n) is 2.86. The number of amides is 1. The van der Waals surface area contributed by atoms with E-state index < -0.39 is 0 Å². The van der Waals surface area contributed by atoms with Crippen molar-refractivity contribution in [3.05, 3.63) is 0 Å². The maximum absolute atomic E-state index is 12.2. The zero-order valence-corrected chi connectivity index (χ0v) is 12.0. The van der Waals surface area contributed by atoms with Gasteiger partial charge >= 0.3 is 0 Å². The van der Waals surface area contributed by atoms with Crippen LogP contribution in [0.1, 0.15) is 32.1 Å². The van der Waals surface area contributed by atoms with Gasteiger partial charge in [0.25, 0.3) is 0 Å². The van der Waals surface area contributed by atoms with E-state index in [0.717, 1.165) is 39.1 Å². The van der Waals surface area contributed by atoms with Crippen molar-refractivity contribution in [3.63, 3.8) is 0 Å². The molecule has 0 spiro atoms. The van der Waals surface area contributed by atoms with Gasteiger partial charge < -0.3 is 10.6 Å². The number of carbonyl (C=O) groups excluding carboxylic acids is 1. The van der Waals surface area contributed by atoms with E-state index in [-0.39, 0.29) is 12.4 Å². The van der Waals surface area contributed by atoms with Gasteiger partial charge in [0.15, 0.2) is 0 Å². The van der Waals surface area contributed by atoms with Crippen molar-refractivity contribution in [1.82, 2.24) is 9.80 Å². The second-order valence-electron chi connectivity index (χ2n) is 5.42. The molecule has 0 radical (unpaired) electrons. The number of carbonyl (C=O) groups is 1. The summed E-state index contributed by atoms with van der Waals surface area (Å²) >= 11 is 0. The highest BCUT2D eigenvalue weighted by atomic mass is 35.5. The first-order valence-electron chi connectivity index (χ1n) is 7.00. The fourth-order valence-corrected chi connectivity index (χ4v) is 2.86. The lowest BCUT2D eigenvalue weighted by molar-refractivity contribution is -0.132. The highest BCUT2D eigenvalue weighted by Gasteiger charge is 2.25. The molecule has 18 heavy (non-hydrogen) atoms. The molecule has 0 aromatic carbocycles. The topological polar surface area (TPSA) is 49.6 Å². The minimum Gasteiger partial charge on any atom is -0.342 e. The predicted molar refractivity (Wildman–Crippen MR) is 75.9 cm³/mol. The lowest BCUT2D eigenvalue weighted by Gasteiger charge is -2.23. The summed E-state index contributed by atoms with van der Waals surface area (Å²) in [5.74, 6) is 0.927. The number of hydrogen-bond acceptors (Lipinski definition) is 3. The molecule has 2 aliphatic rings. The van der Waals surface area contributed by atoms with Crippen LogP contribution >= 0.6 is 12.4 Å². The molecule has 1 unspecified atom stereocenters. The molecule has 1 atom stereocenters. The van der Waals surface area contributed by atoms with E-state index in [2.05, 4.69) is 9.80 Å². The smallest absolute Gasteiger partial charge is 0.236 e. The Morgan fingerprint density at radius 3 is 2.33 bits per heavy atom. The molecule has 0 bridgehead atoms. The summed E-state index contributed by atoms with van der Waals surface area (Å²) in [4.78, 5) is 16.5. The van der Waals surface area contributed by atoms with Crippen LogP contribution in [-0.2, 0) is 4.79 Å². The van der Waals surface area contributed by atoms with Crippen LogP contribution in [0.15, 0.2) is 0 Å². The van der Waals surface area contributed by atoms with Crippen LogP contribution in [0.2, 0.25) is 0 Å². The first-order chi connectivity index (χ1) is 8.29. The normalized spacial score (nSPS) is 25.6. The van der Waals surface area contributed by atoms with Crippen molar-refractivity contribution >= 4 is 18.3 Å².